The van der Waals surface area contributed by atoms with Crippen molar-refractivity contribution >= 4 is 5.91 Å². The molecule has 2 aliphatic rings. The lowest BCUT2D eigenvalue weighted by Crippen LogP contribution is -2.46. The molecule has 4 nitrogen and oxygen atoms in total. The summed E-state index contributed by atoms with van der Waals surface area (Å²) in [5.74, 6) is 0.109. The van der Waals surface area contributed by atoms with Crippen LogP contribution in [0, 0.1) is 5.92 Å². The molecule has 0 aliphatic carbocycles. The van der Waals surface area contributed by atoms with E-state index in [9.17, 15) is 18.0 Å². The van der Waals surface area contributed by atoms with Gasteiger partial charge in [0.15, 0.2) is 0 Å². The van der Waals surface area contributed by atoms with Crippen LogP contribution in [-0.2, 0) is 22.1 Å². The molecule has 0 unspecified atom stereocenters. The van der Waals surface area contributed by atoms with E-state index in [2.05, 4.69) is 4.90 Å². The fourth-order valence-electron chi connectivity index (χ4n) is 3.52. The van der Waals surface area contributed by atoms with Crippen molar-refractivity contribution in [1.29, 1.82) is 0 Å². The third-order valence-electron chi connectivity index (χ3n) is 4.58. The van der Waals surface area contributed by atoms with Crippen LogP contribution < -0.4 is 0 Å². The number of rotatable bonds is 2. The minimum atomic E-state index is -4.39. The molecule has 1 amide bonds. The summed E-state index contributed by atoms with van der Waals surface area (Å²) in [6, 6.07) is 4.96. The molecule has 3 rings (SSSR count). The minimum Gasteiger partial charge on any atom is -0.379 e. The molecule has 2 fully saturated rings. The summed E-state index contributed by atoms with van der Waals surface area (Å²) in [4.78, 5) is 16.7. The molecule has 2 saturated heterocycles. The van der Waals surface area contributed by atoms with Gasteiger partial charge in [0.1, 0.15) is 0 Å². The van der Waals surface area contributed by atoms with Gasteiger partial charge in [-0.15, -0.1) is 0 Å². The lowest BCUT2D eigenvalue weighted by Gasteiger charge is -2.29. The second kappa shape index (κ2) is 6.72. The highest BCUT2D eigenvalue weighted by Crippen LogP contribution is 2.30. The van der Waals surface area contributed by atoms with Crippen molar-refractivity contribution in [3.63, 3.8) is 0 Å². The van der Waals surface area contributed by atoms with Gasteiger partial charge in [0.2, 0.25) is 5.91 Å². The van der Waals surface area contributed by atoms with Gasteiger partial charge in [-0.1, -0.05) is 18.2 Å². The monoisotopic (exact) mass is 342 g/mol. The zero-order chi connectivity index (χ0) is 17.3. The fourth-order valence-corrected chi connectivity index (χ4v) is 3.52. The van der Waals surface area contributed by atoms with Crippen molar-refractivity contribution in [2.45, 2.75) is 18.6 Å². The number of ether oxygens (including phenoxy) is 1. The Morgan fingerprint density at radius 1 is 1.25 bits per heavy atom. The van der Waals surface area contributed by atoms with Gasteiger partial charge >= 0.3 is 6.18 Å². The molecule has 1 aromatic rings. The van der Waals surface area contributed by atoms with Crippen molar-refractivity contribution < 1.29 is 22.7 Å². The number of benzene rings is 1. The number of carbonyl (C=O) groups is 1. The van der Waals surface area contributed by atoms with Crippen molar-refractivity contribution in [3.8, 4) is 0 Å². The van der Waals surface area contributed by atoms with Crippen molar-refractivity contribution in [3.05, 3.63) is 35.4 Å². The van der Waals surface area contributed by atoms with Crippen LogP contribution in [0.3, 0.4) is 0 Å². The molecule has 132 valence electrons. The smallest absolute Gasteiger partial charge is 0.379 e. The molecule has 24 heavy (non-hydrogen) atoms. The maximum Gasteiger partial charge on any atom is 0.416 e. The van der Waals surface area contributed by atoms with Crippen molar-refractivity contribution in [2.75, 3.05) is 39.9 Å². The van der Waals surface area contributed by atoms with Crippen LogP contribution in [0.25, 0.3) is 0 Å². The topological polar surface area (TPSA) is 32.8 Å². The number of amides is 1. The van der Waals surface area contributed by atoms with Gasteiger partial charge in [0, 0.05) is 25.6 Å². The first-order valence-electron chi connectivity index (χ1n) is 8.05. The van der Waals surface area contributed by atoms with Crippen LogP contribution in [0.5, 0.6) is 0 Å². The quantitative estimate of drug-likeness (QED) is 0.825. The van der Waals surface area contributed by atoms with E-state index in [1.165, 1.54) is 6.07 Å². The Balaban J connectivity index is 1.75. The third-order valence-corrected chi connectivity index (χ3v) is 4.58. The lowest BCUT2D eigenvalue weighted by atomic mass is 10.1. The summed E-state index contributed by atoms with van der Waals surface area (Å²) >= 11 is 0. The van der Waals surface area contributed by atoms with Crippen molar-refractivity contribution in [1.82, 2.24) is 9.80 Å². The predicted molar refractivity (Wildman–Crippen MR) is 82.5 cm³/mol. The summed E-state index contributed by atoms with van der Waals surface area (Å²) < 4.78 is 44.1. The molecule has 1 aromatic carbocycles. The fraction of sp³-hybridized carbons (Fsp3) is 0.588. The van der Waals surface area contributed by atoms with Gasteiger partial charge in [-0.2, -0.15) is 13.2 Å². The predicted octanol–water partition coefficient (Wildman–Crippen LogP) is 2.04. The summed E-state index contributed by atoms with van der Waals surface area (Å²) in [5.41, 5.74) is -0.326. The number of halogens is 3. The summed E-state index contributed by atoms with van der Waals surface area (Å²) in [7, 11) is 2.02. The van der Waals surface area contributed by atoms with Gasteiger partial charge in [-0.05, 0) is 18.7 Å². The molecule has 2 heterocycles. The van der Waals surface area contributed by atoms with Crippen LogP contribution in [0.4, 0.5) is 13.2 Å². The van der Waals surface area contributed by atoms with Gasteiger partial charge < -0.3 is 14.5 Å². The average Bonchev–Trinajstić information content (AvgIpc) is 2.77. The van der Waals surface area contributed by atoms with Gasteiger partial charge in [0.25, 0.3) is 0 Å². The van der Waals surface area contributed by atoms with E-state index >= 15 is 0 Å². The van der Waals surface area contributed by atoms with Gasteiger partial charge in [-0.3, -0.25) is 4.79 Å². The van der Waals surface area contributed by atoms with Crippen LogP contribution >= 0.6 is 0 Å². The van der Waals surface area contributed by atoms with E-state index in [4.69, 9.17) is 4.74 Å². The molecule has 2 aliphatic heterocycles. The summed E-state index contributed by atoms with van der Waals surface area (Å²) in [6.45, 7) is 3.30. The minimum absolute atomic E-state index is 0.0170. The first-order chi connectivity index (χ1) is 11.3. The molecule has 0 saturated carbocycles. The van der Waals surface area contributed by atoms with Gasteiger partial charge in [-0.25, -0.2) is 0 Å². The van der Waals surface area contributed by atoms with Crippen LogP contribution in [0.2, 0.25) is 0 Å². The summed E-state index contributed by atoms with van der Waals surface area (Å²) in [6.07, 6.45) is -4.41. The molecule has 7 heteroatoms. The summed E-state index contributed by atoms with van der Waals surface area (Å²) in [5, 5.41) is 0. The number of likely N-dealkylation sites (N-methyl/N-ethyl adjacent to an activating group) is 1. The Hall–Kier alpha value is -1.60. The van der Waals surface area contributed by atoms with E-state index in [-0.39, 0.29) is 24.3 Å². The van der Waals surface area contributed by atoms with Crippen LogP contribution in [-0.4, -0.2) is 61.6 Å². The second-order valence-corrected chi connectivity index (χ2v) is 6.70. The highest BCUT2D eigenvalue weighted by molar-refractivity contribution is 5.79. The maximum absolute atomic E-state index is 12.8. The molecule has 0 aromatic heterocycles. The van der Waals surface area contributed by atoms with E-state index < -0.39 is 11.7 Å². The largest absolute Gasteiger partial charge is 0.416 e. The van der Waals surface area contributed by atoms with E-state index in [1.54, 1.807) is 11.0 Å². The SMILES string of the molecule is CN1C[C@@H]2COC[C@H](C1)N(C(=O)Cc1cccc(C(F)(F)F)c1)C2. The highest BCUT2D eigenvalue weighted by atomic mass is 19.4. The molecule has 0 N–H and O–H groups in total. The zero-order valence-corrected chi connectivity index (χ0v) is 13.6. The number of nitrogens with zero attached hydrogens (tertiary/aromatic N) is 2. The third kappa shape index (κ3) is 3.89. The zero-order valence-electron chi connectivity index (χ0n) is 13.6. The molecular formula is C17H21F3N2O2. The first-order valence-corrected chi connectivity index (χ1v) is 8.05. The van der Waals surface area contributed by atoms with E-state index in [0.29, 0.717) is 25.3 Å². The van der Waals surface area contributed by atoms with E-state index in [1.807, 2.05) is 7.05 Å². The maximum atomic E-state index is 12.8. The Bertz CT molecular complexity index is 606. The standard InChI is InChI=1S/C17H21F3N2O2/c1-21-7-13-8-22(15(9-21)11-24-10-13)16(23)6-12-3-2-4-14(5-12)17(18,19)20/h2-5,13,15H,6-11H2,1H3/t13-,15-/m0/s1. The lowest BCUT2D eigenvalue weighted by molar-refractivity contribution is -0.138. The molecular weight excluding hydrogens is 321 g/mol. The Kier molecular flexibility index (Phi) is 4.83. The first kappa shape index (κ1) is 17.2. The normalized spacial score (nSPS) is 25.4. The van der Waals surface area contributed by atoms with Crippen molar-refractivity contribution in [2.24, 2.45) is 5.92 Å². The van der Waals surface area contributed by atoms with E-state index in [0.717, 1.165) is 25.2 Å². The second-order valence-electron chi connectivity index (χ2n) is 6.70. The number of hydrogen-bond acceptors (Lipinski definition) is 3. The van der Waals surface area contributed by atoms with Crippen LogP contribution in [0.1, 0.15) is 11.1 Å². The average molecular weight is 342 g/mol. The number of carbonyl (C=O) groups excluding carboxylic acids is 1. The molecule has 2 atom stereocenters. The molecule has 0 spiro atoms. The molecule has 0 radical (unpaired) electrons. The van der Waals surface area contributed by atoms with Gasteiger partial charge in [0.05, 0.1) is 31.2 Å². The van der Waals surface area contributed by atoms with Crippen LogP contribution in [0.15, 0.2) is 24.3 Å². The number of alkyl halides is 3. The Morgan fingerprint density at radius 3 is 2.79 bits per heavy atom. The number of fused-ring (bicyclic) bond motifs is 3. The molecule has 2 bridgehead atoms. The highest BCUT2D eigenvalue weighted by Gasteiger charge is 2.35. The number of hydrogen-bond donors (Lipinski definition) is 0. The Morgan fingerprint density at radius 2 is 2.04 bits per heavy atom. The Labute approximate surface area is 139 Å².